The van der Waals surface area contributed by atoms with E-state index in [2.05, 4.69) is 0 Å². The van der Waals surface area contributed by atoms with Crippen molar-refractivity contribution in [1.82, 2.24) is 0 Å². The van der Waals surface area contributed by atoms with Crippen LogP contribution in [-0.2, 0) is 0 Å². The van der Waals surface area contributed by atoms with Gasteiger partial charge in [-0.25, -0.2) is 0 Å². The molecule has 0 N–H and O–H groups in total. The number of carbonyl (C=O) groups excluding carboxylic acids is 1. The van der Waals surface area contributed by atoms with Crippen LogP contribution in [0.3, 0.4) is 0 Å². The van der Waals surface area contributed by atoms with Gasteiger partial charge in [-0.05, 0) is 60.5 Å². The quantitative estimate of drug-likeness (QED) is 0.400. The molecule has 5 rings (SSSR count). The molecule has 0 bridgehead atoms. The Hall–Kier alpha value is -3.77. The first-order valence-corrected chi connectivity index (χ1v) is 10.7. The van der Waals surface area contributed by atoms with Crippen LogP contribution in [0.25, 0.3) is 11.0 Å². The van der Waals surface area contributed by atoms with Crippen molar-refractivity contribution in [3.8, 4) is 11.5 Å². The summed E-state index contributed by atoms with van der Waals surface area (Å²) < 4.78 is 16.8. The number of nitrogens with zero attached hydrogens (tertiary/aromatic N) is 1. The largest absolute Gasteiger partial charge is 0.493 e. The summed E-state index contributed by atoms with van der Waals surface area (Å²) in [5, 5.41) is 0.739. The lowest BCUT2D eigenvalue weighted by Gasteiger charge is -2.26. The summed E-state index contributed by atoms with van der Waals surface area (Å²) in [7, 11) is 3.09. The van der Waals surface area contributed by atoms with Gasteiger partial charge in [0.25, 0.3) is 5.91 Å². The minimum atomic E-state index is -0.714. The molecule has 1 unspecified atom stereocenters. The highest BCUT2D eigenvalue weighted by Gasteiger charge is 2.44. The van der Waals surface area contributed by atoms with E-state index >= 15 is 0 Å². The Morgan fingerprint density at radius 1 is 0.939 bits per heavy atom. The molecule has 1 aliphatic heterocycles. The number of rotatable bonds is 4. The van der Waals surface area contributed by atoms with Gasteiger partial charge in [-0.1, -0.05) is 29.8 Å². The molecule has 3 aromatic carbocycles. The lowest BCUT2D eigenvalue weighted by atomic mass is 9.97. The zero-order valence-corrected chi connectivity index (χ0v) is 19.0. The molecule has 1 amide bonds. The summed E-state index contributed by atoms with van der Waals surface area (Å²) in [6.45, 7) is 1.95. The number of halogens is 1. The second-order valence-electron chi connectivity index (χ2n) is 7.85. The summed E-state index contributed by atoms with van der Waals surface area (Å²) >= 11 is 6.15. The smallest absolute Gasteiger partial charge is 0.295 e. The fourth-order valence-electron chi connectivity index (χ4n) is 4.33. The van der Waals surface area contributed by atoms with E-state index in [0.29, 0.717) is 38.7 Å². The Morgan fingerprint density at radius 3 is 2.45 bits per heavy atom. The predicted molar refractivity (Wildman–Crippen MR) is 127 cm³/mol. The zero-order valence-electron chi connectivity index (χ0n) is 18.2. The van der Waals surface area contributed by atoms with Crippen molar-refractivity contribution < 1.29 is 18.7 Å². The van der Waals surface area contributed by atoms with Crippen LogP contribution in [0.2, 0.25) is 5.02 Å². The maximum Gasteiger partial charge on any atom is 0.295 e. The van der Waals surface area contributed by atoms with Crippen LogP contribution >= 0.6 is 11.6 Å². The molecule has 1 atom stereocenters. The molecule has 0 saturated carbocycles. The van der Waals surface area contributed by atoms with E-state index in [9.17, 15) is 9.59 Å². The van der Waals surface area contributed by atoms with Gasteiger partial charge in [-0.15, -0.1) is 0 Å². The molecule has 166 valence electrons. The molecule has 0 radical (unpaired) electrons. The van der Waals surface area contributed by atoms with Crippen molar-refractivity contribution in [3.05, 3.63) is 98.4 Å². The summed E-state index contributed by atoms with van der Waals surface area (Å²) in [5.74, 6) is 0.680. The van der Waals surface area contributed by atoms with Gasteiger partial charge in [-0.3, -0.25) is 14.5 Å². The number of ether oxygens (including phenoxy) is 2. The molecular weight excluding hydrogens is 442 g/mol. The van der Waals surface area contributed by atoms with Crippen LogP contribution in [0.15, 0.2) is 69.9 Å². The average molecular weight is 462 g/mol. The summed E-state index contributed by atoms with van der Waals surface area (Å²) in [4.78, 5) is 28.9. The van der Waals surface area contributed by atoms with Crippen molar-refractivity contribution in [2.75, 3.05) is 19.1 Å². The van der Waals surface area contributed by atoms with Crippen LogP contribution in [0.4, 0.5) is 5.69 Å². The lowest BCUT2D eigenvalue weighted by molar-refractivity contribution is 0.0971. The van der Waals surface area contributed by atoms with E-state index in [1.165, 1.54) is 7.11 Å². The van der Waals surface area contributed by atoms with Crippen LogP contribution in [-0.4, -0.2) is 20.1 Å². The van der Waals surface area contributed by atoms with Gasteiger partial charge in [0.15, 0.2) is 16.9 Å². The van der Waals surface area contributed by atoms with E-state index < -0.39 is 6.04 Å². The maximum atomic E-state index is 13.7. The van der Waals surface area contributed by atoms with Crippen molar-refractivity contribution in [1.29, 1.82) is 0 Å². The SMILES string of the molecule is COc1ccc(C2c3c(oc4ccc(Cl)cc4c3=O)C(=O)N2c2cccc(C)c2)cc1OC. The van der Waals surface area contributed by atoms with Gasteiger partial charge >= 0.3 is 0 Å². The first-order valence-electron chi connectivity index (χ1n) is 10.3. The molecule has 0 aliphatic carbocycles. The molecule has 0 fully saturated rings. The number of fused-ring (bicyclic) bond motifs is 2. The van der Waals surface area contributed by atoms with Crippen molar-refractivity contribution in [3.63, 3.8) is 0 Å². The number of hydrogen-bond acceptors (Lipinski definition) is 5. The average Bonchev–Trinajstić information content (AvgIpc) is 3.11. The maximum absolute atomic E-state index is 13.7. The molecule has 7 heteroatoms. The van der Waals surface area contributed by atoms with Crippen molar-refractivity contribution in [2.45, 2.75) is 13.0 Å². The topological polar surface area (TPSA) is 69.0 Å². The first kappa shape index (κ1) is 21.1. The van der Waals surface area contributed by atoms with Crippen LogP contribution in [0.1, 0.15) is 33.3 Å². The van der Waals surface area contributed by atoms with E-state index in [1.807, 2.05) is 37.3 Å². The van der Waals surface area contributed by atoms with Gasteiger partial charge in [0.1, 0.15) is 5.58 Å². The predicted octanol–water partition coefficient (Wildman–Crippen LogP) is 5.52. The Bertz CT molecular complexity index is 1480. The Morgan fingerprint density at radius 2 is 1.73 bits per heavy atom. The molecule has 1 aromatic heterocycles. The number of amides is 1. The minimum Gasteiger partial charge on any atom is -0.493 e. The highest BCUT2D eigenvalue weighted by molar-refractivity contribution is 6.31. The van der Waals surface area contributed by atoms with E-state index in [1.54, 1.807) is 42.3 Å². The van der Waals surface area contributed by atoms with Gasteiger partial charge in [-0.2, -0.15) is 0 Å². The van der Waals surface area contributed by atoms with Crippen LogP contribution in [0.5, 0.6) is 11.5 Å². The molecular formula is C26H20ClNO5. The molecule has 4 aromatic rings. The van der Waals surface area contributed by atoms with Gasteiger partial charge in [0, 0.05) is 10.7 Å². The first-order chi connectivity index (χ1) is 15.9. The number of anilines is 1. The zero-order chi connectivity index (χ0) is 23.3. The summed E-state index contributed by atoms with van der Waals surface area (Å²) in [6, 6.07) is 17.0. The number of methoxy groups -OCH3 is 2. The molecule has 6 nitrogen and oxygen atoms in total. The molecule has 1 aliphatic rings. The molecule has 0 saturated heterocycles. The van der Waals surface area contributed by atoms with Gasteiger partial charge in [0.2, 0.25) is 5.76 Å². The van der Waals surface area contributed by atoms with Crippen molar-refractivity contribution in [2.24, 2.45) is 0 Å². The third-order valence-electron chi connectivity index (χ3n) is 5.84. The highest BCUT2D eigenvalue weighted by Crippen LogP contribution is 2.43. The summed E-state index contributed by atoms with van der Waals surface area (Å²) in [5.41, 5.74) is 2.62. The van der Waals surface area contributed by atoms with Crippen LogP contribution in [0, 0.1) is 6.92 Å². The molecule has 2 heterocycles. The molecule has 0 spiro atoms. The fraction of sp³-hybridized carbons (Fsp3) is 0.154. The Balaban J connectivity index is 1.82. The van der Waals surface area contributed by atoms with Gasteiger partial charge in [0.05, 0.1) is 31.2 Å². The standard InChI is InChI=1S/C26H20ClNO5/c1-14-5-4-6-17(11-14)28-23(15-7-9-20(31-2)21(12-15)32-3)22-24(29)18-13-16(27)8-10-19(18)33-25(22)26(28)30/h4-13,23H,1-3H3. The number of hydrogen-bond donors (Lipinski definition) is 0. The number of carbonyl (C=O) groups is 1. The van der Waals surface area contributed by atoms with Gasteiger partial charge < -0.3 is 13.9 Å². The fourth-order valence-corrected chi connectivity index (χ4v) is 4.50. The minimum absolute atomic E-state index is 0.0242. The number of benzene rings is 3. The summed E-state index contributed by atoms with van der Waals surface area (Å²) in [6.07, 6.45) is 0. The second kappa shape index (κ2) is 7.98. The van der Waals surface area contributed by atoms with Crippen LogP contribution < -0.4 is 19.8 Å². The normalized spacial score (nSPS) is 15.1. The third kappa shape index (κ3) is 3.34. The Labute approximate surface area is 194 Å². The van der Waals surface area contributed by atoms with Crippen molar-refractivity contribution >= 4 is 34.2 Å². The second-order valence-corrected chi connectivity index (χ2v) is 8.28. The third-order valence-corrected chi connectivity index (χ3v) is 6.07. The Kier molecular flexibility index (Phi) is 5.10. The monoisotopic (exact) mass is 461 g/mol. The lowest BCUT2D eigenvalue weighted by Crippen LogP contribution is -2.29. The van der Waals surface area contributed by atoms with E-state index in [-0.39, 0.29) is 22.7 Å². The molecule has 33 heavy (non-hydrogen) atoms. The van der Waals surface area contributed by atoms with E-state index in [0.717, 1.165) is 5.56 Å². The highest BCUT2D eigenvalue weighted by atomic mass is 35.5. The van der Waals surface area contributed by atoms with E-state index in [4.69, 9.17) is 25.5 Å². The number of aryl methyl sites for hydroxylation is 1.